The smallest absolute Gasteiger partial charge is 0.236 e. The van der Waals surface area contributed by atoms with Gasteiger partial charge in [0, 0.05) is 13.7 Å². The first kappa shape index (κ1) is 19.5. The van der Waals surface area contributed by atoms with E-state index in [4.69, 9.17) is 9.47 Å². The number of methoxy groups -OCH3 is 1. The largest absolute Gasteiger partial charge is 0.383 e. The van der Waals surface area contributed by atoms with Crippen LogP contribution in [0.1, 0.15) is 23.3 Å². The highest BCUT2D eigenvalue weighted by Gasteiger charge is 2.32. The highest BCUT2D eigenvalue weighted by molar-refractivity contribution is 5.78. The topological polar surface area (TPSA) is 50.8 Å². The fourth-order valence-corrected chi connectivity index (χ4v) is 3.16. The second-order valence-corrected chi connectivity index (χ2v) is 6.54. The van der Waals surface area contributed by atoms with Gasteiger partial charge in [-0.1, -0.05) is 42.5 Å². The lowest BCUT2D eigenvalue weighted by atomic mass is 10.0. The maximum Gasteiger partial charge on any atom is 0.236 e. The van der Waals surface area contributed by atoms with Crippen molar-refractivity contribution in [3.63, 3.8) is 0 Å². The number of rotatable bonds is 7. The monoisotopic (exact) mass is 372 g/mol. The Morgan fingerprint density at radius 2 is 1.74 bits per heavy atom. The van der Waals surface area contributed by atoms with E-state index in [9.17, 15) is 9.18 Å². The van der Waals surface area contributed by atoms with Gasteiger partial charge < -0.3 is 19.7 Å². The number of hydrogen-bond acceptors (Lipinski definition) is 4. The predicted molar refractivity (Wildman–Crippen MR) is 101 cm³/mol. The van der Waals surface area contributed by atoms with Gasteiger partial charge in [-0.05, 0) is 23.3 Å². The van der Waals surface area contributed by atoms with E-state index in [-0.39, 0.29) is 30.5 Å². The van der Waals surface area contributed by atoms with Crippen LogP contribution in [0.25, 0.3) is 0 Å². The summed E-state index contributed by atoms with van der Waals surface area (Å²) in [5, 5.41) is 3.09. The number of ether oxygens (including phenoxy) is 2. The molecule has 1 heterocycles. The van der Waals surface area contributed by atoms with Gasteiger partial charge >= 0.3 is 0 Å². The van der Waals surface area contributed by atoms with Crippen LogP contribution in [0.4, 0.5) is 4.39 Å². The zero-order chi connectivity index (χ0) is 19.1. The zero-order valence-electron chi connectivity index (χ0n) is 15.4. The molecule has 0 spiro atoms. The second kappa shape index (κ2) is 9.60. The molecule has 1 saturated heterocycles. The second-order valence-electron chi connectivity index (χ2n) is 6.54. The van der Waals surface area contributed by atoms with Crippen LogP contribution in [0.2, 0.25) is 0 Å². The third kappa shape index (κ3) is 5.35. The van der Waals surface area contributed by atoms with Gasteiger partial charge in [0.2, 0.25) is 5.91 Å². The minimum atomic E-state index is -0.299. The van der Waals surface area contributed by atoms with Crippen molar-refractivity contribution in [1.82, 2.24) is 10.2 Å². The summed E-state index contributed by atoms with van der Waals surface area (Å²) in [6.45, 7) is 2.37. The summed E-state index contributed by atoms with van der Waals surface area (Å²) >= 11 is 0. The molecule has 2 aromatic carbocycles. The molecule has 6 heteroatoms. The van der Waals surface area contributed by atoms with Gasteiger partial charge in [-0.25, -0.2) is 4.39 Å². The minimum Gasteiger partial charge on any atom is -0.383 e. The number of benzene rings is 2. The lowest BCUT2D eigenvalue weighted by molar-refractivity contribution is -0.146. The molecule has 1 fully saturated rings. The summed E-state index contributed by atoms with van der Waals surface area (Å²) in [5.74, 6) is -0.271. The summed E-state index contributed by atoms with van der Waals surface area (Å²) < 4.78 is 24.5. The van der Waals surface area contributed by atoms with Crippen molar-refractivity contribution >= 4 is 5.91 Å². The van der Waals surface area contributed by atoms with Crippen LogP contribution in [0.3, 0.4) is 0 Å². The number of carbonyl (C=O) groups excluding carboxylic acids is 1. The number of nitrogens with one attached hydrogen (secondary N) is 1. The van der Waals surface area contributed by atoms with Crippen molar-refractivity contribution < 1.29 is 18.7 Å². The molecule has 1 amide bonds. The molecule has 0 saturated carbocycles. The van der Waals surface area contributed by atoms with Gasteiger partial charge in [0.05, 0.1) is 26.2 Å². The summed E-state index contributed by atoms with van der Waals surface area (Å²) in [7, 11) is 1.63. The van der Waals surface area contributed by atoms with Crippen molar-refractivity contribution in [3.8, 4) is 0 Å². The first-order valence-corrected chi connectivity index (χ1v) is 9.10. The molecule has 2 unspecified atom stereocenters. The average molecular weight is 372 g/mol. The third-order valence-electron chi connectivity index (χ3n) is 4.63. The Morgan fingerprint density at radius 3 is 2.37 bits per heavy atom. The summed E-state index contributed by atoms with van der Waals surface area (Å²) in [6, 6.07) is 16.1. The Balaban J connectivity index is 1.74. The van der Waals surface area contributed by atoms with Crippen LogP contribution in [0.15, 0.2) is 54.6 Å². The average Bonchev–Trinajstić information content (AvgIpc) is 2.72. The van der Waals surface area contributed by atoms with Crippen molar-refractivity contribution in [2.75, 3.05) is 39.9 Å². The number of carbonyl (C=O) groups is 1. The van der Waals surface area contributed by atoms with Crippen LogP contribution in [0, 0.1) is 5.82 Å². The standard InChI is InChI=1S/C21H25FN2O3/c1-26-12-11-23-13-21(25)24-14-19(16-5-3-2-4-6-16)27-20(15-24)17-7-9-18(22)10-8-17/h2-10,19-20,23H,11-15H2,1H3. The molecule has 0 radical (unpaired) electrons. The summed E-state index contributed by atoms with van der Waals surface area (Å²) in [5.41, 5.74) is 1.89. The molecule has 3 rings (SSSR count). The fraction of sp³-hybridized carbons (Fsp3) is 0.381. The van der Waals surface area contributed by atoms with Gasteiger partial charge in [0.1, 0.15) is 18.0 Å². The minimum absolute atomic E-state index is 0.0162. The number of amides is 1. The van der Waals surface area contributed by atoms with E-state index in [0.29, 0.717) is 26.2 Å². The normalized spacial score (nSPS) is 19.9. The van der Waals surface area contributed by atoms with E-state index in [0.717, 1.165) is 11.1 Å². The van der Waals surface area contributed by atoms with Crippen LogP contribution in [-0.2, 0) is 14.3 Å². The molecule has 2 atom stereocenters. The molecule has 144 valence electrons. The maximum absolute atomic E-state index is 13.3. The van der Waals surface area contributed by atoms with Gasteiger partial charge in [0.25, 0.3) is 0 Å². The van der Waals surface area contributed by atoms with Gasteiger partial charge in [0.15, 0.2) is 0 Å². The van der Waals surface area contributed by atoms with Gasteiger partial charge in [-0.15, -0.1) is 0 Å². The summed E-state index contributed by atoms with van der Waals surface area (Å²) in [6.07, 6.45) is -0.523. The molecule has 0 aromatic heterocycles. The Bertz CT molecular complexity index is 724. The van der Waals surface area contributed by atoms with Crippen LogP contribution < -0.4 is 5.32 Å². The lowest BCUT2D eigenvalue weighted by Gasteiger charge is -2.38. The van der Waals surface area contributed by atoms with E-state index >= 15 is 0 Å². The molecule has 5 nitrogen and oxygen atoms in total. The maximum atomic E-state index is 13.3. The number of morpholine rings is 1. The Kier molecular flexibility index (Phi) is 6.92. The van der Waals surface area contributed by atoms with Crippen molar-refractivity contribution in [1.29, 1.82) is 0 Å². The van der Waals surface area contributed by atoms with E-state index in [1.165, 1.54) is 12.1 Å². The molecule has 0 bridgehead atoms. The molecular formula is C21H25FN2O3. The molecule has 27 heavy (non-hydrogen) atoms. The zero-order valence-corrected chi connectivity index (χ0v) is 15.4. The van der Waals surface area contributed by atoms with Crippen molar-refractivity contribution in [2.45, 2.75) is 12.2 Å². The van der Waals surface area contributed by atoms with Crippen LogP contribution in [0.5, 0.6) is 0 Å². The van der Waals surface area contributed by atoms with E-state index in [2.05, 4.69) is 5.32 Å². The molecule has 1 aliphatic heterocycles. The third-order valence-corrected chi connectivity index (χ3v) is 4.63. The van der Waals surface area contributed by atoms with Crippen molar-refractivity contribution in [2.24, 2.45) is 0 Å². The Hall–Kier alpha value is -2.28. The number of nitrogens with zero attached hydrogens (tertiary/aromatic N) is 1. The molecular weight excluding hydrogens is 347 g/mol. The highest BCUT2D eigenvalue weighted by atomic mass is 19.1. The molecule has 2 aromatic rings. The number of hydrogen-bond donors (Lipinski definition) is 1. The van der Waals surface area contributed by atoms with Crippen LogP contribution >= 0.6 is 0 Å². The van der Waals surface area contributed by atoms with E-state index < -0.39 is 0 Å². The van der Waals surface area contributed by atoms with E-state index in [1.54, 1.807) is 19.2 Å². The van der Waals surface area contributed by atoms with Crippen molar-refractivity contribution in [3.05, 3.63) is 71.5 Å². The highest BCUT2D eigenvalue weighted by Crippen LogP contribution is 2.33. The summed E-state index contributed by atoms with van der Waals surface area (Å²) in [4.78, 5) is 14.5. The van der Waals surface area contributed by atoms with Crippen LogP contribution in [-0.4, -0.2) is 50.7 Å². The fourth-order valence-electron chi connectivity index (χ4n) is 3.16. The first-order valence-electron chi connectivity index (χ1n) is 9.10. The first-order chi connectivity index (χ1) is 13.2. The van der Waals surface area contributed by atoms with E-state index in [1.807, 2.05) is 35.2 Å². The Labute approximate surface area is 159 Å². The molecule has 1 aliphatic rings. The quantitative estimate of drug-likeness (QED) is 0.760. The van der Waals surface area contributed by atoms with Gasteiger partial charge in [-0.3, -0.25) is 4.79 Å². The lowest BCUT2D eigenvalue weighted by Crippen LogP contribution is -2.47. The SMILES string of the molecule is COCCNCC(=O)N1CC(c2ccccc2)OC(c2ccc(F)cc2)C1. The number of halogens is 1. The van der Waals surface area contributed by atoms with Gasteiger partial charge in [-0.2, -0.15) is 0 Å². The molecule has 0 aliphatic carbocycles. The Morgan fingerprint density at radius 1 is 1.11 bits per heavy atom. The molecule has 1 N–H and O–H groups in total. The predicted octanol–water partition coefficient (Wildman–Crippen LogP) is 2.70.